The van der Waals surface area contributed by atoms with Crippen molar-refractivity contribution in [3.05, 3.63) is 158 Å². The number of benzene rings is 7. The molecular weight excluding hydrogens is 593 g/mol. The highest BCUT2D eigenvalue weighted by Gasteiger charge is 2.25. The number of ether oxygens (including phenoxy) is 1. The Morgan fingerprint density at radius 3 is 1.91 bits per heavy atom. The summed E-state index contributed by atoms with van der Waals surface area (Å²) in [5.41, 5.74) is 8.72. The first-order valence-corrected chi connectivity index (χ1v) is 16.6. The molecule has 10 rings (SSSR count). The molecule has 3 heterocycles. The Morgan fingerprint density at radius 1 is 0.468 bits per heavy atom. The van der Waals surface area contributed by atoms with Gasteiger partial charge in [0.05, 0.1) is 22.6 Å². The summed E-state index contributed by atoms with van der Waals surface area (Å²) < 4.78 is 8.82. The van der Waals surface area contributed by atoms with Gasteiger partial charge in [0.15, 0.2) is 11.5 Å². The molecule has 0 aliphatic carbocycles. The zero-order valence-corrected chi connectivity index (χ0v) is 26.0. The van der Waals surface area contributed by atoms with Crippen molar-refractivity contribution in [2.75, 3.05) is 4.90 Å². The van der Waals surface area contributed by atoms with Crippen LogP contribution in [0.4, 0.5) is 17.1 Å². The van der Waals surface area contributed by atoms with E-state index in [4.69, 9.17) is 9.72 Å². The molecule has 47 heavy (non-hydrogen) atoms. The van der Waals surface area contributed by atoms with Crippen LogP contribution in [0.3, 0.4) is 0 Å². The van der Waals surface area contributed by atoms with Gasteiger partial charge in [0.1, 0.15) is 0 Å². The third kappa shape index (κ3) is 4.09. The zero-order valence-electron chi connectivity index (χ0n) is 25.2. The number of para-hydroxylation sites is 5. The lowest BCUT2D eigenvalue weighted by atomic mass is 9.95. The minimum Gasteiger partial charge on any atom is -0.453 e. The van der Waals surface area contributed by atoms with Gasteiger partial charge in [-0.05, 0) is 71.8 Å². The monoisotopic (exact) mass is 618 g/mol. The SMILES string of the molecule is c1ccc(-c2nc3ccccc3c3c2ccc2sc4ccc(-c5ccc(N6c7ccccc7Oc7ccccc76)cc5)cc4c23)cc1. The number of hydrogen-bond acceptors (Lipinski definition) is 4. The van der Waals surface area contributed by atoms with E-state index in [2.05, 4.69) is 138 Å². The molecule has 0 saturated heterocycles. The van der Waals surface area contributed by atoms with Gasteiger partial charge in [-0.15, -0.1) is 11.3 Å². The highest BCUT2D eigenvalue weighted by atomic mass is 32.1. The van der Waals surface area contributed by atoms with Crippen molar-refractivity contribution in [1.82, 2.24) is 4.98 Å². The number of nitrogens with zero attached hydrogens (tertiary/aromatic N) is 2. The molecule has 1 aliphatic heterocycles. The van der Waals surface area contributed by atoms with Crippen LogP contribution < -0.4 is 9.64 Å². The average Bonchev–Trinajstić information content (AvgIpc) is 3.52. The van der Waals surface area contributed by atoms with Crippen LogP contribution in [0.5, 0.6) is 11.5 Å². The van der Waals surface area contributed by atoms with Crippen LogP contribution in [0.1, 0.15) is 0 Å². The first-order valence-electron chi connectivity index (χ1n) is 15.8. The minimum absolute atomic E-state index is 0.857. The molecule has 0 N–H and O–H groups in total. The second-order valence-electron chi connectivity index (χ2n) is 11.9. The zero-order chi connectivity index (χ0) is 30.9. The van der Waals surface area contributed by atoms with Crippen molar-refractivity contribution in [2.24, 2.45) is 0 Å². The number of pyridine rings is 1. The van der Waals surface area contributed by atoms with Crippen LogP contribution in [0.15, 0.2) is 158 Å². The van der Waals surface area contributed by atoms with Crippen LogP contribution in [-0.4, -0.2) is 4.98 Å². The van der Waals surface area contributed by atoms with Gasteiger partial charge in [-0.2, -0.15) is 0 Å². The molecular formula is C43H26N2OS. The Labute approximate surface area is 275 Å². The number of thiophene rings is 1. The van der Waals surface area contributed by atoms with E-state index in [9.17, 15) is 0 Å². The third-order valence-corrected chi connectivity index (χ3v) is 10.4. The summed E-state index contributed by atoms with van der Waals surface area (Å²) in [4.78, 5) is 7.46. The lowest BCUT2D eigenvalue weighted by Crippen LogP contribution is -2.15. The number of hydrogen-bond donors (Lipinski definition) is 0. The quantitative estimate of drug-likeness (QED) is 0.184. The van der Waals surface area contributed by atoms with E-state index < -0.39 is 0 Å². The Balaban J connectivity index is 1.14. The summed E-state index contributed by atoms with van der Waals surface area (Å²) in [5.74, 6) is 1.71. The van der Waals surface area contributed by atoms with E-state index in [1.807, 2.05) is 35.6 Å². The second kappa shape index (κ2) is 10.3. The summed E-state index contributed by atoms with van der Waals surface area (Å²) in [6.45, 7) is 0. The summed E-state index contributed by atoms with van der Waals surface area (Å²) >= 11 is 1.86. The van der Waals surface area contributed by atoms with Crippen LogP contribution in [-0.2, 0) is 0 Å². The molecule has 0 radical (unpaired) electrons. The topological polar surface area (TPSA) is 25.4 Å². The van der Waals surface area contributed by atoms with Gasteiger partial charge >= 0.3 is 0 Å². The minimum atomic E-state index is 0.857. The molecule has 1 aliphatic rings. The van der Waals surface area contributed by atoms with Crippen LogP contribution in [0.25, 0.3) is 64.2 Å². The Hall–Kier alpha value is -5.97. The smallest absolute Gasteiger partial charge is 0.151 e. The first-order chi connectivity index (χ1) is 23.3. The molecule has 0 saturated carbocycles. The molecule has 0 spiro atoms. The van der Waals surface area contributed by atoms with Gasteiger partial charge in [-0.1, -0.05) is 97.1 Å². The molecule has 4 heteroatoms. The molecule has 0 atom stereocenters. The molecule has 2 aromatic heterocycles. The van der Waals surface area contributed by atoms with E-state index in [0.717, 1.165) is 45.3 Å². The first kappa shape index (κ1) is 26.3. The Morgan fingerprint density at radius 2 is 1.13 bits per heavy atom. The molecule has 0 bridgehead atoms. The van der Waals surface area contributed by atoms with E-state index in [1.165, 1.54) is 47.5 Å². The molecule has 0 unspecified atom stereocenters. The van der Waals surface area contributed by atoms with E-state index in [-0.39, 0.29) is 0 Å². The molecule has 9 aromatic rings. The lowest BCUT2D eigenvalue weighted by molar-refractivity contribution is 0.477. The van der Waals surface area contributed by atoms with Gasteiger partial charge in [0, 0.05) is 47.6 Å². The highest BCUT2D eigenvalue weighted by molar-refractivity contribution is 7.26. The molecule has 0 amide bonds. The van der Waals surface area contributed by atoms with Gasteiger partial charge in [0.25, 0.3) is 0 Å². The number of anilines is 3. The van der Waals surface area contributed by atoms with Crippen molar-refractivity contribution < 1.29 is 4.74 Å². The standard InChI is InChI=1S/C43H26N2OS/c1-2-10-28(11-3-1)43-32-23-25-40-42(41(32)31-12-4-5-13-34(31)44-43)33-26-29(20-24-39(33)47-40)27-18-21-30(22-19-27)45-35-14-6-8-16-37(35)46-38-17-9-7-15-36(38)45/h1-26H. The third-order valence-electron chi connectivity index (χ3n) is 9.23. The predicted octanol–water partition coefficient (Wildman–Crippen LogP) is 12.7. The van der Waals surface area contributed by atoms with Crippen molar-refractivity contribution >= 4 is 70.2 Å². The largest absolute Gasteiger partial charge is 0.453 e. The molecule has 220 valence electrons. The van der Waals surface area contributed by atoms with Gasteiger partial charge in [0.2, 0.25) is 0 Å². The number of rotatable bonds is 3. The van der Waals surface area contributed by atoms with Crippen molar-refractivity contribution in [2.45, 2.75) is 0 Å². The average molecular weight is 619 g/mol. The molecule has 3 nitrogen and oxygen atoms in total. The fraction of sp³-hybridized carbons (Fsp3) is 0. The highest BCUT2D eigenvalue weighted by Crippen LogP contribution is 2.50. The normalized spacial score (nSPS) is 12.4. The second-order valence-corrected chi connectivity index (χ2v) is 13.0. The van der Waals surface area contributed by atoms with E-state index in [1.54, 1.807) is 0 Å². The van der Waals surface area contributed by atoms with Crippen molar-refractivity contribution in [3.8, 4) is 33.9 Å². The van der Waals surface area contributed by atoms with Gasteiger partial charge < -0.3 is 9.64 Å². The van der Waals surface area contributed by atoms with Crippen LogP contribution in [0, 0.1) is 0 Å². The Bertz CT molecular complexity index is 2610. The van der Waals surface area contributed by atoms with Gasteiger partial charge in [-0.25, -0.2) is 4.98 Å². The maximum absolute atomic E-state index is 6.24. The number of aromatic nitrogens is 1. The van der Waals surface area contributed by atoms with Crippen LogP contribution >= 0.6 is 11.3 Å². The lowest BCUT2D eigenvalue weighted by Gasteiger charge is -2.32. The van der Waals surface area contributed by atoms with Crippen LogP contribution in [0.2, 0.25) is 0 Å². The maximum atomic E-state index is 6.24. The van der Waals surface area contributed by atoms with Crippen molar-refractivity contribution in [3.63, 3.8) is 0 Å². The molecule has 7 aromatic carbocycles. The van der Waals surface area contributed by atoms with E-state index >= 15 is 0 Å². The fourth-order valence-corrected chi connectivity index (χ4v) is 8.18. The number of fused-ring (bicyclic) bond motifs is 9. The Kier molecular flexibility index (Phi) is 5.74. The van der Waals surface area contributed by atoms with Crippen molar-refractivity contribution in [1.29, 1.82) is 0 Å². The summed E-state index contributed by atoms with van der Waals surface area (Å²) in [6.07, 6.45) is 0. The van der Waals surface area contributed by atoms with Gasteiger partial charge in [-0.3, -0.25) is 0 Å². The fourth-order valence-electron chi connectivity index (χ4n) is 7.09. The predicted molar refractivity (Wildman–Crippen MR) is 198 cm³/mol. The summed E-state index contributed by atoms with van der Waals surface area (Å²) in [5, 5.41) is 6.23. The van der Waals surface area contributed by atoms with E-state index in [0.29, 0.717) is 0 Å². The maximum Gasteiger partial charge on any atom is 0.151 e. The summed E-state index contributed by atoms with van der Waals surface area (Å²) in [6, 6.07) is 55.9. The summed E-state index contributed by atoms with van der Waals surface area (Å²) in [7, 11) is 0. The molecule has 0 fully saturated rings.